The number of carbonyl (C=O) groups excluding carboxylic acids is 1. The molecule has 2 atom stereocenters. The van der Waals surface area contributed by atoms with Crippen molar-refractivity contribution in [3.8, 4) is 0 Å². The number of nitrogens with zero attached hydrogens (tertiary/aromatic N) is 2. The molecule has 0 N–H and O–H groups in total. The van der Waals surface area contributed by atoms with Crippen molar-refractivity contribution >= 4 is 6.03 Å². The van der Waals surface area contributed by atoms with E-state index in [-0.39, 0.29) is 11.8 Å². The second kappa shape index (κ2) is 5.56. The van der Waals surface area contributed by atoms with Crippen LogP contribution in [0.3, 0.4) is 0 Å². The number of likely N-dealkylation sites (tertiary alicyclic amines) is 1. The standard InChI is InChI=1S/C18H23FN2O/c19-15-5-3-13(4-6-15)14-11-16-7-8-17(12-14)21(16)18(22)20-9-1-2-10-20/h3-6,14,16-17H,1-2,7-12H2/t16-,17-/m1/s1. The van der Waals surface area contributed by atoms with Gasteiger partial charge in [0, 0.05) is 25.2 Å². The van der Waals surface area contributed by atoms with Gasteiger partial charge in [-0.1, -0.05) is 12.1 Å². The van der Waals surface area contributed by atoms with Crippen LogP contribution >= 0.6 is 0 Å². The Morgan fingerprint density at radius 2 is 1.59 bits per heavy atom. The summed E-state index contributed by atoms with van der Waals surface area (Å²) in [6, 6.07) is 7.96. The monoisotopic (exact) mass is 302 g/mol. The Labute approximate surface area is 131 Å². The van der Waals surface area contributed by atoms with Crippen LogP contribution in [0.2, 0.25) is 0 Å². The van der Waals surface area contributed by atoms with Crippen LogP contribution in [0, 0.1) is 5.82 Å². The number of rotatable bonds is 1. The van der Waals surface area contributed by atoms with E-state index in [2.05, 4.69) is 4.90 Å². The molecule has 0 aliphatic carbocycles. The summed E-state index contributed by atoms with van der Waals surface area (Å²) < 4.78 is 13.1. The van der Waals surface area contributed by atoms with Crippen molar-refractivity contribution in [2.45, 2.75) is 56.5 Å². The number of halogens is 1. The predicted molar refractivity (Wildman–Crippen MR) is 83.2 cm³/mol. The largest absolute Gasteiger partial charge is 0.325 e. The van der Waals surface area contributed by atoms with Crippen molar-refractivity contribution < 1.29 is 9.18 Å². The molecule has 2 bridgehead atoms. The molecule has 4 heteroatoms. The van der Waals surface area contributed by atoms with Gasteiger partial charge in [-0.25, -0.2) is 9.18 Å². The summed E-state index contributed by atoms with van der Waals surface area (Å²) in [5, 5.41) is 0. The van der Waals surface area contributed by atoms with E-state index >= 15 is 0 Å². The van der Waals surface area contributed by atoms with Crippen LogP contribution in [0.1, 0.15) is 50.0 Å². The van der Waals surface area contributed by atoms with Crippen LogP contribution < -0.4 is 0 Å². The molecule has 0 spiro atoms. The van der Waals surface area contributed by atoms with Crippen LogP contribution in [-0.2, 0) is 0 Å². The van der Waals surface area contributed by atoms with Gasteiger partial charge in [0.2, 0.25) is 0 Å². The minimum atomic E-state index is -0.173. The molecule has 1 aromatic rings. The van der Waals surface area contributed by atoms with Gasteiger partial charge in [-0.05, 0) is 62.1 Å². The first-order chi connectivity index (χ1) is 10.7. The topological polar surface area (TPSA) is 23.6 Å². The Hall–Kier alpha value is -1.58. The normalized spacial score (nSPS) is 30.9. The van der Waals surface area contributed by atoms with Gasteiger partial charge in [-0.15, -0.1) is 0 Å². The van der Waals surface area contributed by atoms with Gasteiger partial charge < -0.3 is 9.80 Å². The number of urea groups is 1. The molecule has 2 amide bonds. The van der Waals surface area contributed by atoms with Gasteiger partial charge in [0.05, 0.1) is 0 Å². The molecule has 22 heavy (non-hydrogen) atoms. The predicted octanol–water partition coefficient (Wildman–Crippen LogP) is 3.75. The van der Waals surface area contributed by atoms with E-state index in [0.717, 1.165) is 51.6 Å². The number of hydrogen-bond donors (Lipinski definition) is 0. The quantitative estimate of drug-likeness (QED) is 0.775. The fourth-order valence-electron chi connectivity index (χ4n) is 4.57. The number of benzene rings is 1. The van der Waals surface area contributed by atoms with Crippen molar-refractivity contribution in [1.29, 1.82) is 0 Å². The SMILES string of the molecule is O=C(N1CCCC1)N1[C@@H]2CC[C@@H]1CC(c1ccc(F)cc1)C2. The fourth-order valence-corrected chi connectivity index (χ4v) is 4.57. The molecule has 3 saturated heterocycles. The second-order valence-corrected chi connectivity index (χ2v) is 6.99. The highest BCUT2D eigenvalue weighted by Gasteiger charge is 2.44. The van der Waals surface area contributed by atoms with Crippen LogP contribution in [0.25, 0.3) is 0 Å². The molecule has 3 heterocycles. The summed E-state index contributed by atoms with van der Waals surface area (Å²) in [7, 11) is 0. The number of piperidine rings is 1. The van der Waals surface area contributed by atoms with E-state index in [1.165, 1.54) is 5.56 Å². The summed E-state index contributed by atoms with van der Waals surface area (Å²) in [6.45, 7) is 1.85. The maximum Gasteiger partial charge on any atom is 0.320 e. The van der Waals surface area contributed by atoms with E-state index in [1.807, 2.05) is 17.0 Å². The van der Waals surface area contributed by atoms with Gasteiger partial charge in [0.25, 0.3) is 0 Å². The second-order valence-electron chi connectivity index (χ2n) is 6.99. The Kier molecular flexibility index (Phi) is 3.55. The Morgan fingerprint density at radius 1 is 1.00 bits per heavy atom. The molecule has 3 fully saturated rings. The van der Waals surface area contributed by atoms with E-state index in [0.29, 0.717) is 18.0 Å². The molecule has 0 saturated carbocycles. The zero-order valence-corrected chi connectivity index (χ0v) is 12.9. The summed E-state index contributed by atoms with van der Waals surface area (Å²) in [5.41, 5.74) is 1.23. The third-order valence-electron chi connectivity index (χ3n) is 5.67. The molecular weight excluding hydrogens is 279 g/mol. The fraction of sp³-hybridized carbons (Fsp3) is 0.611. The molecule has 0 unspecified atom stereocenters. The highest BCUT2D eigenvalue weighted by atomic mass is 19.1. The first kappa shape index (κ1) is 14.0. The lowest BCUT2D eigenvalue weighted by molar-refractivity contribution is 0.111. The molecule has 3 aliphatic heterocycles. The number of amides is 2. The third kappa shape index (κ3) is 2.38. The molecule has 3 aliphatic rings. The van der Waals surface area contributed by atoms with Crippen LogP contribution in [0.15, 0.2) is 24.3 Å². The zero-order chi connectivity index (χ0) is 15.1. The van der Waals surface area contributed by atoms with Crippen molar-refractivity contribution in [2.75, 3.05) is 13.1 Å². The smallest absolute Gasteiger partial charge is 0.320 e. The summed E-state index contributed by atoms with van der Waals surface area (Å²) in [5.74, 6) is 0.300. The maximum absolute atomic E-state index is 13.1. The highest BCUT2D eigenvalue weighted by Crippen LogP contribution is 2.43. The van der Waals surface area contributed by atoms with E-state index < -0.39 is 0 Å². The highest BCUT2D eigenvalue weighted by molar-refractivity contribution is 5.76. The zero-order valence-electron chi connectivity index (χ0n) is 12.9. The summed E-state index contributed by atoms with van der Waals surface area (Å²) in [6.07, 6.45) is 6.60. The average molecular weight is 302 g/mol. The maximum atomic E-state index is 13.1. The van der Waals surface area contributed by atoms with E-state index in [9.17, 15) is 9.18 Å². The van der Waals surface area contributed by atoms with Crippen LogP contribution in [0.5, 0.6) is 0 Å². The van der Waals surface area contributed by atoms with Crippen LogP contribution in [-0.4, -0.2) is 41.0 Å². The first-order valence-corrected chi connectivity index (χ1v) is 8.55. The minimum Gasteiger partial charge on any atom is -0.325 e. The number of fused-ring (bicyclic) bond motifs is 2. The van der Waals surface area contributed by atoms with Gasteiger partial charge in [-0.3, -0.25) is 0 Å². The summed E-state index contributed by atoms with van der Waals surface area (Å²) >= 11 is 0. The molecule has 4 rings (SSSR count). The minimum absolute atomic E-state index is 0.173. The molecule has 3 nitrogen and oxygen atoms in total. The first-order valence-electron chi connectivity index (χ1n) is 8.55. The van der Waals surface area contributed by atoms with E-state index in [1.54, 1.807) is 12.1 Å². The Morgan fingerprint density at radius 3 is 2.18 bits per heavy atom. The molecule has 0 aromatic heterocycles. The Balaban J connectivity index is 1.49. The van der Waals surface area contributed by atoms with Crippen molar-refractivity contribution in [1.82, 2.24) is 9.80 Å². The number of carbonyl (C=O) groups is 1. The third-order valence-corrected chi connectivity index (χ3v) is 5.67. The lowest BCUT2D eigenvalue weighted by atomic mass is 9.85. The lowest BCUT2D eigenvalue weighted by Gasteiger charge is -2.41. The van der Waals surface area contributed by atoms with E-state index in [4.69, 9.17) is 0 Å². The molecule has 118 valence electrons. The van der Waals surface area contributed by atoms with Crippen molar-refractivity contribution in [3.63, 3.8) is 0 Å². The van der Waals surface area contributed by atoms with Crippen molar-refractivity contribution in [2.24, 2.45) is 0 Å². The molecule has 0 radical (unpaired) electrons. The Bertz CT molecular complexity index is 539. The molecule has 1 aromatic carbocycles. The molecular formula is C18H23FN2O. The number of hydrogen-bond acceptors (Lipinski definition) is 1. The summed E-state index contributed by atoms with van der Waals surface area (Å²) in [4.78, 5) is 17.0. The average Bonchev–Trinajstić information content (AvgIpc) is 3.14. The van der Waals surface area contributed by atoms with Gasteiger partial charge in [-0.2, -0.15) is 0 Å². The van der Waals surface area contributed by atoms with Crippen molar-refractivity contribution in [3.05, 3.63) is 35.6 Å². The van der Waals surface area contributed by atoms with Gasteiger partial charge in [0.1, 0.15) is 5.82 Å². The van der Waals surface area contributed by atoms with Gasteiger partial charge >= 0.3 is 6.03 Å². The van der Waals surface area contributed by atoms with Crippen LogP contribution in [0.4, 0.5) is 9.18 Å². The lowest BCUT2D eigenvalue weighted by Crippen LogP contribution is -2.51. The van der Waals surface area contributed by atoms with Gasteiger partial charge in [0.15, 0.2) is 0 Å².